The number of fused-ring (bicyclic) bond motifs is 1. The quantitative estimate of drug-likeness (QED) is 0.727. The van der Waals surface area contributed by atoms with Crippen molar-refractivity contribution in [3.8, 4) is 6.07 Å². The molecule has 8 nitrogen and oxygen atoms in total. The van der Waals surface area contributed by atoms with E-state index in [-0.39, 0.29) is 5.92 Å². The first-order chi connectivity index (χ1) is 12.5. The number of nitrogens with one attached hydrogen (secondary N) is 2. The van der Waals surface area contributed by atoms with E-state index < -0.39 is 6.03 Å². The number of amides is 2. The summed E-state index contributed by atoms with van der Waals surface area (Å²) in [6.45, 7) is 4.09. The molecule has 26 heavy (non-hydrogen) atoms. The fraction of sp³-hybridized carbons (Fsp3) is 0.235. The number of anilines is 2. The van der Waals surface area contributed by atoms with Crippen LogP contribution in [0.25, 0.3) is 5.65 Å². The number of imidazole rings is 1. The molecule has 0 bridgehead atoms. The first-order valence-corrected chi connectivity index (χ1v) is 8.36. The predicted molar refractivity (Wildman–Crippen MR) is 98.3 cm³/mol. The van der Waals surface area contributed by atoms with Crippen molar-refractivity contribution in [1.82, 2.24) is 19.6 Å². The summed E-state index contributed by atoms with van der Waals surface area (Å²) in [5, 5.41) is 18.9. The minimum atomic E-state index is -0.463. The van der Waals surface area contributed by atoms with E-state index >= 15 is 0 Å². The normalized spacial score (nSPS) is 11.8. The van der Waals surface area contributed by atoms with Gasteiger partial charge in [-0.05, 0) is 18.4 Å². The SMILES string of the molecule is CCC(C)c1c(NC(=O)Nc2cncc(C#N)c2)cnn2cc(Cl)nc12. The van der Waals surface area contributed by atoms with Crippen molar-refractivity contribution < 1.29 is 4.79 Å². The zero-order valence-corrected chi connectivity index (χ0v) is 14.9. The van der Waals surface area contributed by atoms with Gasteiger partial charge in [0.15, 0.2) is 5.65 Å². The summed E-state index contributed by atoms with van der Waals surface area (Å²) >= 11 is 5.99. The lowest BCUT2D eigenvalue weighted by molar-refractivity contribution is 0.262. The van der Waals surface area contributed by atoms with Crippen LogP contribution in [0.4, 0.5) is 16.2 Å². The number of halogens is 1. The van der Waals surface area contributed by atoms with Gasteiger partial charge >= 0.3 is 6.03 Å². The Morgan fingerprint density at radius 3 is 2.92 bits per heavy atom. The van der Waals surface area contributed by atoms with Crippen molar-refractivity contribution in [3.05, 3.63) is 47.1 Å². The van der Waals surface area contributed by atoms with Crippen LogP contribution < -0.4 is 10.6 Å². The van der Waals surface area contributed by atoms with Gasteiger partial charge in [0.2, 0.25) is 0 Å². The maximum absolute atomic E-state index is 12.4. The highest BCUT2D eigenvalue weighted by Gasteiger charge is 2.18. The van der Waals surface area contributed by atoms with Crippen molar-refractivity contribution in [3.63, 3.8) is 0 Å². The maximum Gasteiger partial charge on any atom is 0.323 e. The van der Waals surface area contributed by atoms with Crippen LogP contribution in [0.15, 0.2) is 30.9 Å². The van der Waals surface area contributed by atoms with Crippen molar-refractivity contribution in [2.75, 3.05) is 10.6 Å². The highest BCUT2D eigenvalue weighted by molar-refractivity contribution is 6.29. The Hall–Kier alpha value is -3.18. The van der Waals surface area contributed by atoms with E-state index in [1.54, 1.807) is 16.9 Å². The summed E-state index contributed by atoms with van der Waals surface area (Å²) in [5.41, 5.74) is 2.79. The zero-order valence-electron chi connectivity index (χ0n) is 14.2. The molecule has 1 atom stereocenters. The fourth-order valence-electron chi connectivity index (χ4n) is 2.57. The Labute approximate surface area is 154 Å². The number of rotatable bonds is 4. The van der Waals surface area contributed by atoms with Gasteiger partial charge in [0.05, 0.1) is 35.5 Å². The van der Waals surface area contributed by atoms with E-state index in [0.717, 1.165) is 12.0 Å². The smallest absolute Gasteiger partial charge is 0.306 e. The van der Waals surface area contributed by atoms with Crippen molar-refractivity contribution in [1.29, 1.82) is 5.26 Å². The first kappa shape index (κ1) is 17.6. The predicted octanol–water partition coefficient (Wildman–Crippen LogP) is 3.81. The Morgan fingerprint density at radius 2 is 2.19 bits per heavy atom. The van der Waals surface area contributed by atoms with E-state index in [1.165, 1.54) is 18.5 Å². The van der Waals surface area contributed by atoms with E-state index in [0.29, 0.717) is 27.7 Å². The van der Waals surface area contributed by atoms with Crippen molar-refractivity contribution >= 4 is 34.7 Å². The summed E-state index contributed by atoms with van der Waals surface area (Å²) in [6.07, 6.45) is 6.92. The molecule has 0 spiro atoms. The van der Waals surface area contributed by atoms with Gasteiger partial charge in [0.25, 0.3) is 0 Å². The number of nitrogens with zero attached hydrogens (tertiary/aromatic N) is 5. The van der Waals surface area contributed by atoms with Gasteiger partial charge in [-0.25, -0.2) is 14.3 Å². The second-order valence-corrected chi connectivity index (χ2v) is 6.15. The van der Waals surface area contributed by atoms with Crippen LogP contribution in [0.3, 0.4) is 0 Å². The Morgan fingerprint density at radius 1 is 1.38 bits per heavy atom. The molecule has 9 heteroatoms. The lowest BCUT2D eigenvalue weighted by Crippen LogP contribution is -2.21. The summed E-state index contributed by atoms with van der Waals surface area (Å²) in [5.74, 6) is 0.137. The average molecular weight is 370 g/mol. The van der Waals surface area contributed by atoms with E-state index in [9.17, 15) is 4.79 Å². The van der Waals surface area contributed by atoms with Gasteiger partial charge in [-0.3, -0.25) is 4.98 Å². The van der Waals surface area contributed by atoms with Crippen molar-refractivity contribution in [2.45, 2.75) is 26.2 Å². The minimum absolute atomic E-state index is 0.137. The van der Waals surface area contributed by atoms with Gasteiger partial charge in [0, 0.05) is 11.8 Å². The van der Waals surface area contributed by atoms with Crippen LogP contribution in [0.5, 0.6) is 0 Å². The molecule has 0 aromatic carbocycles. The fourth-order valence-corrected chi connectivity index (χ4v) is 2.74. The number of hydrogen-bond donors (Lipinski definition) is 2. The molecule has 3 aromatic heterocycles. The molecule has 3 heterocycles. The molecular weight excluding hydrogens is 354 g/mol. The molecule has 2 N–H and O–H groups in total. The topological polar surface area (TPSA) is 108 Å². The van der Waals surface area contributed by atoms with Crippen LogP contribution in [0, 0.1) is 11.3 Å². The summed E-state index contributed by atoms with van der Waals surface area (Å²) in [7, 11) is 0. The molecule has 0 aliphatic carbocycles. The molecule has 1 unspecified atom stereocenters. The number of nitriles is 1. The summed E-state index contributed by atoms with van der Waals surface area (Å²) in [6, 6.07) is 3.05. The van der Waals surface area contributed by atoms with Gasteiger partial charge in [-0.2, -0.15) is 10.4 Å². The number of aromatic nitrogens is 4. The summed E-state index contributed by atoms with van der Waals surface area (Å²) in [4.78, 5) is 20.6. The van der Waals surface area contributed by atoms with Gasteiger partial charge < -0.3 is 10.6 Å². The molecule has 0 aliphatic heterocycles. The van der Waals surface area contributed by atoms with Gasteiger partial charge in [0.1, 0.15) is 11.2 Å². The van der Waals surface area contributed by atoms with E-state index in [4.69, 9.17) is 16.9 Å². The molecule has 0 saturated heterocycles. The van der Waals surface area contributed by atoms with Gasteiger partial charge in [-0.1, -0.05) is 25.4 Å². The van der Waals surface area contributed by atoms with Crippen LogP contribution in [-0.4, -0.2) is 25.6 Å². The van der Waals surface area contributed by atoms with Crippen LogP contribution in [0.2, 0.25) is 5.15 Å². The molecule has 0 aliphatic rings. The Bertz CT molecular complexity index is 1010. The number of hydrogen-bond acceptors (Lipinski definition) is 5. The molecule has 3 aromatic rings. The van der Waals surface area contributed by atoms with Crippen LogP contribution in [-0.2, 0) is 0 Å². The van der Waals surface area contributed by atoms with Crippen LogP contribution >= 0.6 is 11.6 Å². The number of carbonyl (C=O) groups excluding carboxylic acids is 1. The number of urea groups is 1. The lowest BCUT2D eigenvalue weighted by atomic mass is 9.98. The average Bonchev–Trinajstić information content (AvgIpc) is 3.01. The van der Waals surface area contributed by atoms with E-state index in [2.05, 4.69) is 32.6 Å². The Balaban J connectivity index is 1.90. The molecule has 0 fully saturated rings. The highest BCUT2D eigenvalue weighted by Crippen LogP contribution is 2.30. The molecule has 2 amide bonds. The maximum atomic E-state index is 12.4. The zero-order chi connectivity index (χ0) is 18.7. The van der Waals surface area contributed by atoms with E-state index in [1.807, 2.05) is 13.0 Å². The number of carbonyl (C=O) groups is 1. The third kappa shape index (κ3) is 3.58. The largest absolute Gasteiger partial charge is 0.323 e. The molecule has 0 saturated carbocycles. The second kappa shape index (κ2) is 7.37. The Kier molecular flexibility index (Phi) is 5.00. The molecule has 132 valence electrons. The second-order valence-electron chi connectivity index (χ2n) is 5.77. The third-order valence-corrected chi connectivity index (χ3v) is 4.16. The molecular formula is C17H16ClN7O. The monoisotopic (exact) mass is 369 g/mol. The lowest BCUT2D eigenvalue weighted by Gasteiger charge is -2.16. The highest BCUT2D eigenvalue weighted by atomic mass is 35.5. The standard InChI is InChI=1S/C17H16ClN7O/c1-3-10(2)15-13(8-21-25-9-14(18)24-16(15)25)23-17(26)22-12-4-11(5-19)6-20-7-12/h4,6-10H,3H2,1-2H3,(H2,22,23,26). The number of pyridine rings is 1. The first-order valence-electron chi connectivity index (χ1n) is 7.98. The third-order valence-electron chi connectivity index (χ3n) is 3.98. The minimum Gasteiger partial charge on any atom is -0.306 e. The molecule has 0 radical (unpaired) electrons. The van der Waals surface area contributed by atoms with Gasteiger partial charge in [-0.15, -0.1) is 0 Å². The molecule has 3 rings (SSSR count). The summed E-state index contributed by atoms with van der Waals surface area (Å²) < 4.78 is 1.59. The van der Waals surface area contributed by atoms with Crippen LogP contribution in [0.1, 0.15) is 37.3 Å². The van der Waals surface area contributed by atoms with Crippen molar-refractivity contribution in [2.24, 2.45) is 0 Å².